The Morgan fingerprint density at radius 1 is 0.906 bits per heavy atom. The van der Waals surface area contributed by atoms with Crippen LogP contribution in [0.25, 0.3) is 10.4 Å². The van der Waals surface area contributed by atoms with Gasteiger partial charge in [0, 0.05) is 31.2 Å². The summed E-state index contributed by atoms with van der Waals surface area (Å²) in [6.07, 6.45) is 6.42. The van der Waals surface area contributed by atoms with Crippen molar-refractivity contribution in [3.63, 3.8) is 0 Å². The summed E-state index contributed by atoms with van der Waals surface area (Å²) < 4.78 is 5.94. The van der Waals surface area contributed by atoms with E-state index in [1.807, 2.05) is 42.6 Å². The van der Waals surface area contributed by atoms with Gasteiger partial charge < -0.3 is 20.3 Å². The molecule has 7 nitrogen and oxygen atoms in total. The van der Waals surface area contributed by atoms with Gasteiger partial charge in [-0.3, -0.25) is 4.98 Å². The van der Waals surface area contributed by atoms with Crippen LogP contribution >= 0.6 is 11.3 Å². The number of carbonyl (C=O) groups is 1. The van der Waals surface area contributed by atoms with Gasteiger partial charge in [0.05, 0.1) is 16.8 Å². The Balaban J connectivity index is 1.17. The maximum Gasteiger partial charge on any atom is 0.323 e. The average Bonchev–Trinajstić information content (AvgIpc) is 3.24. The molecule has 0 spiro atoms. The second kappa shape index (κ2) is 9.07. The van der Waals surface area contributed by atoms with Crippen molar-refractivity contribution in [2.75, 3.05) is 28.6 Å². The minimum atomic E-state index is -0.331. The molecule has 32 heavy (non-hydrogen) atoms. The Bertz CT molecular complexity index is 1190. The first kappa shape index (κ1) is 20.0. The van der Waals surface area contributed by atoms with Crippen LogP contribution in [0, 0.1) is 0 Å². The van der Waals surface area contributed by atoms with E-state index in [1.54, 1.807) is 48.0 Å². The molecule has 1 fully saturated rings. The fourth-order valence-electron chi connectivity index (χ4n) is 3.21. The third-order valence-electron chi connectivity index (χ3n) is 5.03. The summed E-state index contributed by atoms with van der Waals surface area (Å²) in [5, 5.41) is 6.60. The van der Waals surface area contributed by atoms with Crippen LogP contribution in [0.3, 0.4) is 0 Å². The normalized spacial score (nSPS) is 12.7. The summed E-state index contributed by atoms with van der Waals surface area (Å²) >= 11 is 1.72. The van der Waals surface area contributed by atoms with Crippen LogP contribution in [0.15, 0.2) is 79.3 Å². The van der Waals surface area contributed by atoms with Crippen molar-refractivity contribution in [1.29, 1.82) is 0 Å². The zero-order chi connectivity index (χ0) is 21.8. The molecule has 2 N–H and O–H groups in total. The van der Waals surface area contributed by atoms with Crippen molar-refractivity contribution in [1.82, 2.24) is 9.97 Å². The molecule has 1 aliphatic rings. The molecule has 0 radical (unpaired) electrons. The molecule has 1 aliphatic heterocycles. The number of aromatic nitrogens is 2. The minimum Gasteiger partial charge on any atom is -0.457 e. The third kappa shape index (κ3) is 4.70. The molecule has 2 amide bonds. The molecular formula is C24H21N5O2S. The first-order chi connectivity index (χ1) is 15.7. The van der Waals surface area contributed by atoms with Gasteiger partial charge in [0.25, 0.3) is 0 Å². The topological polar surface area (TPSA) is 79.4 Å². The van der Waals surface area contributed by atoms with Gasteiger partial charge in [0.15, 0.2) is 5.13 Å². The molecule has 160 valence electrons. The summed E-state index contributed by atoms with van der Waals surface area (Å²) in [4.78, 5) is 24.0. The summed E-state index contributed by atoms with van der Waals surface area (Å²) in [5.74, 6) is 1.44. The number of hydrogen-bond donors (Lipinski definition) is 2. The van der Waals surface area contributed by atoms with Crippen LogP contribution in [0.2, 0.25) is 0 Å². The van der Waals surface area contributed by atoms with E-state index in [0.717, 1.165) is 34.4 Å². The van der Waals surface area contributed by atoms with Gasteiger partial charge >= 0.3 is 6.03 Å². The molecule has 2 aromatic carbocycles. The lowest BCUT2D eigenvalue weighted by Gasteiger charge is -2.30. The van der Waals surface area contributed by atoms with E-state index in [1.165, 1.54) is 6.42 Å². The molecule has 0 atom stereocenters. The van der Waals surface area contributed by atoms with Crippen molar-refractivity contribution < 1.29 is 9.53 Å². The second-order valence-corrected chi connectivity index (χ2v) is 8.33. The molecule has 8 heteroatoms. The number of rotatable bonds is 6. The molecule has 0 bridgehead atoms. The third-order valence-corrected chi connectivity index (χ3v) is 6.13. The van der Waals surface area contributed by atoms with Crippen molar-refractivity contribution in [3.8, 4) is 21.9 Å². The average molecular weight is 444 g/mol. The number of anilines is 3. The molecule has 5 rings (SSSR count). The van der Waals surface area contributed by atoms with Crippen LogP contribution in [-0.4, -0.2) is 29.1 Å². The number of nitrogens with zero attached hydrogens (tertiary/aromatic N) is 3. The highest BCUT2D eigenvalue weighted by molar-refractivity contribution is 7.18. The lowest BCUT2D eigenvalue weighted by Crippen LogP contribution is -2.36. The maximum atomic E-state index is 12.1. The van der Waals surface area contributed by atoms with Crippen molar-refractivity contribution in [3.05, 3.63) is 79.3 Å². The smallest absolute Gasteiger partial charge is 0.323 e. The number of carbonyl (C=O) groups excluding carboxylic acids is 1. The molecule has 0 aliphatic carbocycles. The van der Waals surface area contributed by atoms with Crippen LogP contribution < -0.4 is 20.3 Å². The molecule has 0 saturated carbocycles. The SMILES string of the molecule is O=C(Nc1ccc(Oc2ccc(-c3cnc(N4CCC4)s3)cc2)cc1)Nc1cccnc1. The number of pyridine rings is 1. The van der Waals surface area contributed by atoms with E-state index in [-0.39, 0.29) is 6.03 Å². The van der Waals surface area contributed by atoms with Crippen LogP contribution in [-0.2, 0) is 0 Å². The van der Waals surface area contributed by atoms with Crippen LogP contribution in [0.5, 0.6) is 11.5 Å². The Morgan fingerprint density at radius 3 is 2.28 bits per heavy atom. The van der Waals surface area contributed by atoms with Gasteiger partial charge in [-0.1, -0.05) is 11.3 Å². The predicted octanol–water partition coefficient (Wildman–Crippen LogP) is 5.85. The van der Waals surface area contributed by atoms with Gasteiger partial charge in [0.2, 0.25) is 0 Å². The fourth-order valence-corrected chi connectivity index (χ4v) is 4.18. The highest BCUT2D eigenvalue weighted by atomic mass is 32.1. The monoisotopic (exact) mass is 443 g/mol. The predicted molar refractivity (Wildman–Crippen MR) is 128 cm³/mol. The highest BCUT2D eigenvalue weighted by Gasteiger charge is 2.18. The summed E-state index contributed by atoms with van der Waals surface area (Å²) in [6, 6.07) is 18.4. The molecule has 4 aromatic rings. The number of urea groups is 1. The number of benzene rings is 2. The number of amides is 2. The number of hydrogen-bond acceptors (Lipinski definition) is 6. The van der Waals surface area contributed by atoms with Gasteiger partial charge in [-0.15, -0.1) is 0 Å². The highest BCUT2D eigenvalue weighted by Crippen LogP contribution is 2.34. The van der Waals surface area contributed by atoms with Crippen LogP contribution in [0.4, 0.5) is 21.3 Å². The Kier molecular flexibility index (Phi) is 5.67. The Morgan fingerprint density at radius 2 is 1.62 bits per heavy atom. The molecule has 0 unspecified atom stereocenters. The minimum absolute atomic E-state index is 0.331. The van der Waals surface area contributed by atoms with E-state index in [9.17, 15) is 4.79 Å². The Hall–Kier alpha value is -3.91. The standard InChI is InChI=1S/C24H21N5O2S/c30-23(28-19-3-1-12-25-15-19)27-18-6-10-21(11-7-18)31-20-8-4-17(5-9-20)22-16-26-24(32-22)29-13-2-14-29/h1,3-12,15-16H,2,13-14H2,(H2,27,28,30). The van der Waals surface area contributed by atoms with Gasteiger partial charge in [-0.05, 0) is 72.6 Å². The number of ether oxygens (including phenoxy) is 1. The van der Waals surface area contributed by atoms with Crippen molar-refractivity contribution >= 4 is 33.9 Å². The summed E-state index contributed by atoms with van der Waals surface area (Å²) in [7, 11) is 0. The van der Waals surface area contributed by atoms with E-state index in [0.29, 0.717) is 17.1 Å². The molecule has 3 heterocycles. The number of thiazole rings is 1. The first-order valence-corrected chi connectivity index (χ1v) is 11.1. The molecule has 1 saturated heterocycles. The van der Waals surface area contributed by atoms with Gasteiger partial charge in [0.1, 0.15) is 11.5 Å². The van der Waals surface area contributed by atoms with Crippen LogP contribution in [0.1, 0.15) is 6.42 Å². The van der Waals surface area contributed by atoms with E-state index >= 15 is 0 Å². The summed E-state index contributed by atoms with van der Waals surface area (Å²) in [5.41, 5.74) is 2.42. The lowest BCUT2D eigenvalue weighted by molar-refractivity contribution is 0.262. The van der Waals surface area contributed by atoms with Crippen molar-refractivity contribution in [2.45, 2.75) is 6.42 Å². The van der Waals surface area contributed by atoms with E-state index in [4.69, 9.17) is 4.74 Å². The van der Waals surface area contributed by atoms with Gasteiger partial charge in [-0.25, -0.2) is 9.78 Å². The first-order valence-electron chi connectivity index (χ1n) is 10.3. The van der Waals surface area contributed by atoms with E-state index < -0.39 is 0 Å². The lowest BCUT2D eigenvalue weighted by atomic mass is 10.2. The summed E-state index contributed by atoms with van der Waals surface area (Å²) in [6.45, 7) is 2.20. The zero-order valence-electron chi connectivity index (χ0n) is 17.2. The van der Waals surface area contributed by atoms with E-state index in [2.05, 4.69) is 25.5 Å². The number of nitrogens with one attached hydrogen (secondary N) is 2. The zero-order valence-corrected chi connectivity index (χ0v) is 18.0. The largest absolute Gasteiger partial charge is 0.457 e. The van der Waals surface area contributed by atoms with Crippen molar-refractivity contribution in [2.24, 2.45) is 0 Å². The molecule has 2 aromatic heterocycles. The second-order valence-electron chi connectivity index (χ2n) is 7.32. The maximum absolute atomic E-state index is 12.1. The quantitative estimate of drug-likeness (QED) is 0.391. The molecular weight excluding hydrogens is 422 g/mol. The Labute approximate surface area is 189 Å². The fraction of sp³-hybridized carbons (Fsp3) is 0.125. The van der Waals surface area contributed by atoms with Gasteiger partial charge in [-0.2, -0.15) is 0 Å².